The molecule has 0 aliphatic rings. The molecule has 0 aromatic heterocycles. The fraction of sp³-hybridized carbons (Fsp3) is 0.692. The van der Waals surface area contributed by atoms with E-state index in [1.54, 1.807) is 20.8 Å². The molecule has 0 amide bonds. The molecule has 0 aliphatic heterocycles. The van der Waals surface area contributed by atoms with E-state index in [-0.39, 0.29) is 22.6 Å². The molecule has 7 heteroatoms. The standard InChI is InChI=1S/C26H42O6S/c1-12-18(6)20-13-21(16(2)3)23(22(14-20)17(4)5)33(29,30)31-15-26(11,19(7)27)24(28)32-25(8,9)10/h13-14,16-18H,12,15H2,1-11H3. The lowest BCUT2D eigenvalue weighted by atomic mass is 9.87. The largest absolute Gasteiger partial charge is 0.459 e. The number of ether oxygens (including phenoxy) is 1. The van der Waals surface area contributed by atoms with Crippen molar-refractivity contribution in [3.8, 4) is 0 Å². The van der Waals surface area contributed by atoms with Crippen LogP contribution in [0.25, 0.3) is 0 Å². The molecule has 0 N–H and O–H groups in total. The molecule has 0 fully saturated rings. The summed E-state index contributed by atoms with van der Waals surface area (Å²) in [5, 5.41) is 0. The van der Waals surface area contributed by atoms with Crippen molar-refractivity contribution in [2.24, 2.45) is 5.41 Å². The van der Waals surface area contributed by atoms with E-state index in [0.29, 0.717) is 11.1 Å². The van der Waals surface area contributed by atoms with Crippen LogP contribution in [-0.2, 0) is 28.6 Å². The number of carbonyl (C=O) groups is 2. The third-order valence-electron chi connectivity index (χ3n) is 5.97. The van der Waals surface area contributed by atoms with Gasteiger partial charge in [0.1, 0.15) is 21.7 Å². The quantitative estimate of drug-likeness (QED) is 0.228. The molecule has 0 bridgehead atoms. The molecular weight excluding hydrogens is 440 g/mol. The van der Waals surface area contributed by atoms with E-state index >= 15 is 0 Å². The van der Waals surface area contributed by atoms with Crippen molar-refractivity contribution in [2.45, 2.75) is 111 Å². The van der Waals surface area contributed by atoms with Crippen LogP contribution in [0.15, 0.2) is 17.0 Å². The number of esters is 1. The predicted octanol–water partition coefficient (Wildman–Crippen LogP) is 6.09. The Kier molecular flexibility index (Phi) is 9.49. The van der Waals surface area contributed by atoms with Gasteiger partial charge in [0.2, 0.25) is 0 Å². The Morgan fingerprint density at radius 2 is 1.39 bits per heavy atom. The lowest BCUT2D eigenvalue weighted by Gasteiger charge is -2.29. The van der Waals surface area contributed by atoms with Crippen molar-refractivity contribution in [1.82, 2.24) is 0 Å². The summed E-state index contributed by atoms with van der Waals surface area (Å²) in [6.07, 6.45) is 0.935. The molecule has 1 aromatic rings. The SMILES string of the molecule is CCC(C)c1cc(C(C)C)c(S(=O)(=O)OCC(C)(C(C)=O)C(=O)OC(C)(C)C)c(C(C)C)c1. The maximum atomic E-state index is 13.5. The van der Waals surface area contributed by atoms with Crippen LogP contribution in [0.1, 0.15) is 117 Å². The first kappa shape index (κ1) is 29.3. The molecule has 0 saturated heterocycles. The molecule has 0 spiro atoms. The lowest BCUT2D eigenvalue weighted by molar-refractivity contribution is -0.170. The molecule has 6 nitrogen and oxygen atoms in total. The van der Waals surface area contributed by atoms with Gasteiger partial charge in [0, 0.05) is 0 Å². The molecule has 0 saturated carbocycles. The summed E-state index contributed by atoms with van der Waals surface area (Å²) in [7, 11) is -4.26. The van der Waals surface area contributed by atoms with E-state index in [2.05, 4.69) is 13.8 Å². The molecule has 0 radical (unpaired) electrons. The van der Waals surface area contributed by atoms with E-state index in [4.69, 9.17) is 8.92 Å². The highest BCUT2D eigenvalue weighted by Crippen LogP contribution is 2.37. The van der Waals surface area contributed by atoms with E-state index in [1.807, 2.05) is 39.8 Å². The Morgan fingerprint density at radius 3 is 1.73 bits per heavy atom. The van der Waals surface area contributed by atoms with E-state index < -0.39 is 39.5 Å². The molecule has 0 aliphatic carbocycles. The van der Waals surface area contributed by atoms with Crippen LogP contribution < -0.4 is 0 Å². The zero-order valence-electron chi connectivity index (χ0n) is 22.2. The molecular formula is C26H42O6S. The second-order valence-corrected chi connectivity index (χ2v) is 12.3. The molecule has 1 rings (SSSR count). The van der Waals surface area contributed by atoms with Crippen LogP contribution in [0.4, 0.5) is 0 Å². The number of hydrogen-bond acceptors (Lipinski definition) is 6. The summed E-state index contributed by atoms with van der Waals surface area (Å²) in [5.74, 6) is -1.18. The summed E-state index contributed by atoms with van der Waals surface area (Å²) >= 11 is 0. The van der Waals surface area contributed by atoms with Crippen molar-refractivity contribution in [3.63, 3.8) is 0 Å². The van der Waals surface area contributed by atoms with Gasteiger partial charge in [0.25, 0.3) is 10.1 Å². The van der Waals surface area contributed by atoms with Crippen LogP contribution in [0, 0.1) is 5.41 Å². The molecule has 1 aromatic carbocycles. The van der Waals surface area contributed by atoms with Crippen LogP contribution in [0.3, 0.4) is 0 Å². The lowest BCUT2D eigenvalue weighted by Crippen LogP contribution is -2.44. The summed E-state index contributed by atoms with van der Waals surface area (Å²) in [6.45, 7) is 19.0. The highest BCUT2D eigenvalue weighted by atomic mass is 32.2. The van der Waals surface area contributed by atoms with Gasteiger partial charge in [-0.05, 0) is 75.5 Å². The smallest absolute Gasteiger partial charge is 0.322 e. The minimum absolute atomic E-state index is 0.0649. The maximum Gasteiger partial charge on any atom is 0.322 e. The summed E-state index contributed by atoms with van der Waals surface area (Å²) < 4.78 is 37.9. The zero-order valence-corrected chi connectivity index (χ0v) is 23.0. The van der Waals surface area contributed by atoms with Crippen LogP contribution in [0.5, 0.6) is 0 Å². The molecule has 2 atom stereocenters. The number of ketones is 1. The van der Waals surface area contributed by atoms with E-state index in [1.165, 1.54) is 13.8 Å². The number of carbonyl (C=O) groups excluding carboxylic acids is 2. The number of rotatable bonds is 10. The highest BCUT2D eigenvalue weighted by Gasteiger charge is 2.44. The van der Waals surface area contributed by atoms with Gasteiger partial charge in [0.05, 0.1) is 6.61 Å². The topological polar surface area (TPSA) is 86.7 Å². The molecule has 2 unspecified atom stereocenters. The minimum Gasteiger partial charge on any atom is -0.459 e. The first-order valence-corrected chi connectivity index (χ1v) is 13.1. The number of benzene rings is 1. The van der Waals surface area contributed by atoms with Crippen LogP contribution in [0.2, 0.25) is 0 Å². The predicted molar refractivity (Wildman–Crippen MR) is 131 cm³/mol. The molecule has 33 heavy (non-hydrogen) atoms. The van der Waals surface area contributed by atoms with Crippen molar-refractivity contribution >= 4 is 21.9 Å². The van der Waals surface area contributed by atoms with Crippen LogP contribution >= 0.6 is 0 Å². The van der Waals surface area contributed by atoms with Crippen molar-refractivity contribution in [1.29, 1.82) is 0 Å². The maximum absolute atomic E-state index is 13.5. The van der Waals surface area contributed by atoms with Crippen molar-refractivity contribution < 1.29 is 26.9 Å². The first-order chi connectivity index (χ1) is 14.9. The average molecular weight is 483 g/mol. The summed E-state index contributed by atoms with van der Waals surface area (Å²) in [5.41, 5.74) is -0.121. The fourth-order valence-electron chi connectivity index (χ4n) is 3.31. The third kappa shape index (κ3) is 7.12. The van der Waals surface area contributed by atoms with E-state index in [0.717, 1.165) is 12.0 Å². The van der Waals surface area contributed by atoms with Gasteiger partial charge < -0.3 is 4.74 Å². The average Bonchev–Trinajstić information content (AvgIpc) is 2.68. The van der Waals surface area contributed by atoms with Crippen LogP contribution in [-0.4, -0.2) is 32.4 Å². The Balaban J connectivity index is 3.56. The Bertz CT molecular complexity index is 940. The van der Waals surface area contributed by atoms with Gasteiger partial charge in [-0.25, -0.2) is 0 Å². The van der Waals surface area contributed by atoms with Gasteiger partial charge in [-0.3, -0.25) is 13.8 Å². The second kappa shape index (κ2) is 10.7. The number of hydrogen-bond donors (Lipinski definition) is 0. The van der Waals surface area contributed by atoms with E-state index in [9.17, 15) is 18.0 Å². The Hall–Kier alpha value is -1.73. The summed E-state index contributed by atoms with van der Waals surface area (Å²) in [6, 6.07) is 3.89. The Labute approximate surface area is 200 Å². The number of Topliss-reactive ketones (excluding diaryl/α,β-unsaturated/α-hetero) is 1. The fourth-order valence-corrected chi connectivity index (χ4v) is 4.99. The molecule has 0 heterocycles. The normalized spacial score (nSPS) is 15.4. The van der Waals surface area contributed by atoms with Gasteiger partial charge in [-0.1, -0.05) is 53.7 Å². The van der Waals surface area contributed by atoms with Gasteiger partial charge >= 0.3 is 5.97 Å². The molecule has 188 valence electrons. The van der Waals surface area contributed by atoms with Gasteiger partial charge in [-0.2, -0.15) is 8.42 Å². The minimum atomic E-state index is -4.26. The van der Waals surface area contributed by atoms with Gasteiger partial charge in [0.15, 0.2) is 0 Å². The van der Waals surface area contributed by atoms with Crippen molar-refractivity contribution in [3.05, 3.63) is 28.8 Å². The van der Waals surface area contributed by atoms with Gasteiger partial charge in [-0.15, -0.1) is 0 Å². The second-order valence-electron chi connectivity index (χ2n) is 10.8. The first-order valence-electron chi connectivity index (χ1n) is 11.7. The monoisotopic (exact) mass is 482 g/mol. The highest BCUT2D eigenvalue weighted by molar-refractivity contribution is 7.86. The van der Waals surface area contributed by atoms with Crippen molar-refractivity contribution in [2.75, 3.05) is 6.61 Å². The zero-order chi connectivity index (χ0) is 25.9. The summed E-state index contributed by atoms with van der Waals surface area (Å²) in [4.78, 5) is 25.3. The third-order valence-corrected chi connectivity index (χ3v) is 7.37. The Morgan fingerprint density at radius 1 is 0.939 bits per heavy atom.